The molecular formula is C23H32O2. The topological polar surface area (TPSA) is 34.1 Å². The average molecular weight is 341 g/mol. The van der Waals surface area contributed by atoms with Crippen LogP contribution in [0.15, 0.2) is 23.3 Å². The number of hydrogen-bond donors (Lipinski definition) is 0. The zero-order chi connectivity index (χ0) is 18.8. The van der Waals surface area contributed by atoms with Crippen molar-refractivity contribution in [3.8, 4) is 12.3 Å². The van der Waals surface area contributed by atoms with Crippen LogP contribution in [0.3, 0.4) is 0 Å². The summed E-state index contributed by atoms with van der Waals surface area (Å²) in [6, 6.07) is 0. The van der Waals surface area contributed by atoms with Crippen LogP contribution in [0.4, 0.5) is 0 Å². The fourth-order valence-electron chi connectivity index (χ4n) is 5.22. The second-order valence-electron chi connectivity index (χ2n) is 7.75. The van der Waals surface area contributed by atoms with Crippen molar-refractivity contribution >= 4 is 11.6 Å². The summed E-state index contributed by atoms with van der Waals surface area (Å²) >= 11 is 0. The normalized spacial score (nSPS) is 36.8. The SMILES string of the molecule is C#CC12CCC(=O)C=C1C1(C)C=C(CCC)C(=O)C(C)C1CC2.CC. The summed E-state index contributed by atoms with van der Waals surface area (Å²) in [6.45, 7) is 10.4. The van der Waals surface area contributed by atoms with Gasteiger partial charge in [-0.3, -0.25) is 9.59 Å². The average Bonchev–Trinajstić information content (AvgIpc) is 2.62. The lowest BCUT2D eigenvalue weighted by Gasteiger charge is -2.55. The molecule has 0 aromatic heterocycles. The van der Waals surface area contributed by atoms with E-state index in [-0.39, 0.29) is 28.4 Å². The highest BCUT2D eigenvalue weighted by Gasteiger charge is 2.55. The van der Waals surface area contributed by atoms with E-state index in [1.165, 1.54) is 0 Å². The van der Waals surface area contributed by atoms with Gasteiger partial charge in [-0.05, 0) is 48.8 Å². The largest absolute Gasteiger partial charge is 0.295 e. The maximum absolute atomic E-state index is 12.7. The van der Waals surface area contributed by atoms with Crippen molar-refractivity contribution in [2.45, 2.75) is 73.1 Å². The van der Waals surface area contributed by atoms with Crippen LogP contribution in [-0.4, -0.2) is 11.6 Å². The first-order valence-corrected chi connectivity index (χ1v) is 9.87. The Bertz CT molecular complexity index is 660. The van der Waals surface area contributed by atoms with Gasteiger partial charge < -0.3 is 0 Å². The van der Waals surface area contributed by atoms with Gasteiger partial charge >= 0.3 is 0 Å². The van der Waals surface area contributed by atoms with E-state index in [9.17, 15) is 9.59 Å². The summed E-state index contributed by atoms with van der Waals surface area (Å²) in [5, 5.41) is 0. The van der Waals surface area contributed by atoms with Crippen molar-refractivity contribution in [3.05, 3.63) is 23.3 Å². The van der Waals surface area contributed by atoms with Crippen molar-refractivity contribution in [2.24, 2.45) is 22.7 Å². The van der Waals surface area contributed by atoms with Crippen LogP contribution >= 0.6 is 0 Å². The van der Waals surface area contributed by atoms with Gasteiger partial charge in [-0.2, -0.15) is 0 Å². The van der Waals surface area contributed by atoms with Gasteiger partial charge in [-0.1, -0.05) is 53.0 Å². The Hall–Kier alpha value is -1.62. The number of Topliss-reactive ketones (excluding diaryl/α,β-unsaturated/α-hetero) is 1. The van der Waals surface area contributed by atoms with Crippen LogP contribution in [0.1, 0.15) is 73.1 Å². The van der Waals surface area contributed by atoms with Crippen molar-refractivity contribution in [3.63, 3.8) is 0 Å². The third kappa shape index (κ3) is 3.03. The molecule has 2 heteroatoms. The van der Waals surface area contributed by atoms with Crippen LogP contribution in [0.2, 0.25) is 0 Å². The molecule has 0 aromatic carbocycles. The minimum absolute atomic E-state index is 0.0141. The summed E-state index contributed by atoms with van der Waals surface area (Å²) in [5.41, 5.74) is 1.50. The molecule has 1 saturated carbocycles. The van der Waals surface area contributed by atoms with Gasteiger partial charge in [-0.25, -0.2) is 0 Å². The van der Waals surface area contributed by atoms with E-state index in [2.05, 4.69) is 32.8 Å². The van der Waals surface area contributed by atoms with E-state index in [1.807, 2.05) is 19.9 Å². The number of allylic oxidation sites excluding steroid dienone is 4. The third-order valence-corrected chi connectivity index (χ3v) is 6.46. The fraction of sp³-hybridized carbons (Fsp3) is 0.652. The predicted octanol–water partition coefficient (Wildman–Crippen LogP) is 5.28. The first-order valence-electron chi connectivity index (χ1n) is 9.87. The van der Waals surface area contributed by atoms with E-state index in [4.69, 9.17) is 6.42 Å². The molecule has 0 spiro atoms. The van der Waals surface area contributed by atoms with E-state index in [1.54, 1.807) is 0 Å². The predicted molar refractivity (Wildman–Crippen MR) is 103 cm³/mol. The smallest absolute Gasteiger partial charge is 0.161 e. The highest BCUT2D eigenvalue weighted by Crippen LogP contribution is 2.61. The lowest BCUT2D eigenvalue weighted by atomic mass is 9.48. The Morgan fingerprint density at radius 3 is 2.56 bits per heavy atom. The second kappa shape index (κ2) is 7.32. The van der Waals surface area contributed by atoms with Gasteiger partial charge in [0.05, 0.1) is 5.41 Å². The molecule has 0 amide bonds. The highest BCUT2D eigenvalue weighted by atomic mass is 16.1. The summed E-state index contributed by atoms with van der Waals surface area (Å²) in [7, 11) is 0. The van der Waals surface area contributed by atoms with Crippen LogP contribution in [0, 0.1) is 35.0 Å². The Morgan fingerprint density at radius 2 is 1.96 bits per heavy atom. The first-order chi connectivity index (χ1) is 11.9. The Labute approximate surface area is 153 Å². The van der Waals surface area contributed by atoms with Gasteiger partial charge in [0.25, 0.3) is 0 Å². The summed E-state index contributed by atoms with van der Waals surface area (Å²) in [5.74, 6) is 3.79. The van der Waals surface area contributed by atoms with Gasteiger partial charge in [-0.15, -0.1) is 6.42 Å². The molecule has 136 valence electrons. The fourth-order valence-corrected chi connectivity index (χ4v) is 5.22. The highest BCUT2D eigenvalue weighted by molar-refractivity contribution is 5.99. The first kappa shape index (κ1) is 19.7. The maximum Gasteiger partial charge on any atom is 0.161 e. The molecule has 0 heterocycles. The summed E-state index contributed by atoms with van der Waals surface area (Å²) < 4.78 is 0. The number of terminal acetylenes is 1. The molecule has 4 atom stereocenters. The van der Waals surface area contributed by atoms with Gasteiger partial charge in [0.15, 0.2) is 11.6 Å². The van der Waals surface area contributed by atoms with E-state index in [0.29, 0.717) is 12.2 Å². The third-order valence-electron chi connectivity index (χ3n) is 6.46. The zero-order valence-electron chi connectivity index (χ0n) is 16.4. The van der Waals surface area contributed by atoms with E-state index >= 15 is 0 Å². The molecule has 25 heavy (non-hydrogen) atoms. The molecular weight excluding hydrogens is 308 g/mol. The Balaban J connectivity index is 0.00000109. The van der Waals surface area contributed by atoms with Crippen molar-refractivity contribution < 1.29 is 9.59 Å². The minimum Gasteiger partial charge on any atom is -0.295 e. The van der Waals surface area contributed by atoms with Crippen LogP contribution in [0.25, 0.3) is 0 Å². The van der Waals surface area contributed by atoms with E-state index in [0.717, 1.165) is 43.3 Å². The van der Waals surface area contributed by atoms with Crippen molar-refractivity contribution in [1.82, 2.24) is 0 Å². The lowest BCUT2D eigenvalue weighted by molar-refractivity contribution is -0.123. The monoisotopic (exact) mass is 340 g/mol. The molecule has 4 unspecified atom stereocenters. The zero-order valence-corrected chi connectivity index (χ0v) is 16.4. The van der Waals surface area contributed by atoms with Gasteiger partial charge in [0.2, 0.25) is 0 Å². The Kier molecular flexibility index (Phi) is 5.77. The Morgan fingerprint density at radius 1 is 1.28 bits per heavy atom. The molecule has 3 aliphatic rings. The maximum atomic E-state index is 12.7. The quantitative estimate of drug-likeness (QED) is 0.641. The van der Waals surface area contributed by atoms with Crippen LogP contribution < -0.4 is 0 Å². The van der Waals surface area contributed by atoms with Crippen LogP contribution in [0.5, 0.6) is 0 Å². The number of rotatable bonds is 2. The summed E-state index contributed by atoms with van der Waals surface area (Å²) in [4.78, 5) is 24.8. The molecule has 3 rings (SSSR count). The molecule has 0 N–H and O–H groups in total. The lowest BCUT2D eigenvalue weighted by Crippen LogP contribution is -2.50. The van der Waals surface area contributed by atoms with Crippen molar-refractivity contribution in [1.29, 1.82) is 0 Å². The molecule has 0 aromatic rings. The molecule has 2 nitrogen and oxygen atoms in total. The second-order valence-corrected chi connectivity index (χ2v) is 7.75. The van der Waals surface area contributed by atoms with Gasteiger partial charge in [0, 0.05) is 17.8 Å². The van der Waals surface area contributed by atoms with E-state index < -0.39 is 0 Å². The molecule has 1 fully saturated rings. The number of carbonyl (C=O) groups is 2. The van der Waals surface area contributed by atoms with Crippen LogP contribution in [-0.2, 0) is 9.59 Å². The number of carbonyl (C=O) groups excluding carboxylic acids is 2. The number of hydrogen-bond acceptors (Lipinski definition) is 2. The number of ketones is 2. The van der Waals surface area contributed by atoms with Gasteiger partial charge in [0.1, 0.15) is 0 Å². The number of fused-ring (bicyclic) bond motifs is 3. The molecule has 0 bridgehead atoms. The van der Waals surface area contributed by atoms with Crippen molar-refractivity contribution in [2.75, 3.05) is 0 Å². The molecule has 0 radical (unpaired) electrons. The molecule has 3 aliphatic carbocycles. The standard InChI is InChI=1S/C21H26O2.C2H6/c1-5-7-15-13-20(4)17(14(3)19(15)23)9-11-21(6-2)10-8-16(22)12-18(20)21;1-2/h2,12-14,17H,5,7-11H2,1,3-4H3;1-2H3. The molecule has 0 saturated heterocycles. The molecule has 0 aliphatic heterocycles. The minimum atomic E-state index is -0.285. The summed E-state index contributed by atoms with van der Waals surface area (Å²) in [6.07, 6.45) is 14.9.